The Morgan fingerprint density at radius 1 is 0.800 bits per heavy atom. The first-order valence-corrected chi connectivity index (χ1v) is 15.9. The number of carbonyl (C=O) groups excluding carboxylic acids is 5. The van der Waals surface area contributed by atoms with Crippen LogP contribution < -0.4 is 0 Å². The Bertz CT molecular complexity index is 1380. The smallest absolute Gasteiger partial charge is 0.327 e. The largest absolute Gasteiger partial charge is 0.465 e. The Labute approximate surface area is 263 Å². The summed E-state index contributed by atoms with van der Waals surface area (Å²) < 4.78 is 27.0. The average molecular weight is 627 g/mol. The normalized spacial score (nSPS) is 38.0. The molecule has 0 amide bonds. The van der Waals surface area contributed by atoms with E-state index in [9.17, 15) is 34.5 Å². The Morgan fingerprint density at radius 2 is 1.24 bits per heavy atom. The van der Waals surface area contributed by atoms with E-state index in [0.717, 1.165) is 6.42 Å². The molecule has 2 heterocycles. The minimum Gasteiger partial charge on any atom is -0.465 e. The van der Waals surface area contributed by atoms with Crippen LogP contribution in [-0.4, -0.2) is 60.9 Å². The molecule has 4 saturated carbocycles. The van der Waals surface area contributed by atoms with Gasteiger partial charge in [-0.05, 0) is 66.2 Å². The minimum atomic E-state index is -1.04. The van der Waals surface area contributed by atoms with Crippen LogP contribution in [0, 0.1) is 68.0 Å². The first-order valence-electron chi connectivity index (χ1n) is 15.9. The lowest BCUT2D eigenvalue weighted by Gasteiger charge is -2.30. The highest BCUT2D eigenvalue weighted by molar-refractivity contribution is 5.85. The van der Waals surface area contributed by atoms with E-state index >= 15 is 0 Å². The van der Waals surface area contributed by atoms with Crippen LogP contribution in [-0.2, 0) is 47.7 Å². The SMILES string of the molecule is CCC(C)(C)C(=O)OC1C2CC3C1OC(=O)C3(C#N)C2.CCC(C)(C)C(=O)OCCC(=O)OC1C2CC3C1OC(=O)C3(C#N)C2. The number of nitrogens with zero attached hydrogens (tertiary/aromatic N) is 2. The molecule has 0 aromatic rings. The number of rotatable bonds is 9. The van der Waals surface area contributed by atoms with Crippen molar-refractivity contribution in [3.8, 4) is 12.1 Å². The zero-order valence-electron chi connectivity index (χ0n) is 26.8. The maximum atomic E-state index is 12.2. The predicted octanol–water partition coefficient (Wildman–Crippen LogP) is 3.55. The van der Waals surface area contributed by atoms with E-state index in [2.05, 4.69) is 12.1 Å². The standard InChI is InChI=1S/C18H23NO6.C15H19NO4/c1-4-17(2,3)15(21)23-6-5-12(20)24-13-10-7-11-14(13)25-16(22)18(11,8-10)9-19;1-4-14(2,3)12(17)19-10-8-5-9-11(10)20-13(18)15(9,6-8)7-16/h10-11,13-14H,4-8H2,1-3H3;8-11H,4-6H2,1-3H3. The van der Waals surface area contributed by atoms with Gasteiger partial charge in [-0.25, -0.2) is 0 Å². The quantitative estimate of drug-likeness (QED) is 0.269. The molecule has 0 aromatic heterocycles. The van der Waals surface area contributed by atoms with E-state index in [1.54, 1.807) is 13.8 Å². The van der Waals surface area contributed by atoms with Gasteiger partial charge in [-0.3, -0.25) is 24.0 Å². The molecular weight excluding hydrogens is 584 g/mol. The number of hydrogen-bond donors (Lipinski definition) is 0. The maximum Gasteiger partial charge on any atom is 0.327 e. The third-order valence-electron chi connectivity index (χ3n) is 11.5. The van der Waals surface area contributed by atoms with Crippen molar-refractivity contribution in [2.75, 3.05) is 6.61 Å². The van der Waals surface area contributed by atoms with Crippen molar-refractivity contribution in [1.29, 1.82) is 10.5 Å². The van der Waals surface area contributed by atoms with E-state index in [1.165, 1.54) is 0 Å². The lowest BCUT2D eigenvalue weighted by atomic mass is 9.74. The van der Waals surface area contributed by atoms with Gasteiger partial charge < -0.3 is 23.7 Å². The number of fused-ring (bicyclic) bond motifs is 2. The molecule has 0 N–H and O–H groups in total. The summed E-state index contributed by atoms with van der Waals surface area (Å²) in [5.41, 5.74) is -3.12. The summed E-state index contributed by atoms with van der Waals surface area (Å²) in [5, 5.41) is 18.7. The highest BCUT2D eigenvalue weighted by Crippen LogP contribution is 2.63. The summed E-state index contributed by atoms with van der Waals surface area (Å²) in [6, 6.07) is 4.27. The van der Waals surface area contributed by atoms with Crippen LogP contribution in [0.1, 0.15) is 86.5 Å². The zero-order chi connectivity index (χ0) is 33.1. The van der Waals surface area contributed by atoms with Gasteiger partial charge in [-0.15, -0.1) is 0 Å². The van der Waals surface area contributed by atoms with Crippen molar-refractivity contribution < 1.29 is 47.7 Å². The molecule has 6 aliphatic rings. The van der Waals surface area contributed by atoms with Gasteiger partial charge in [0.2, 0.25) is 0 Å². The van der Waals surface area contributed by atoms with Gasteiger partial charge in [0, 0.05) is 23.7 Å². The van der Waals surface area contributed by atoms with Crippen molar-refractivity contribution in [1.82, 2.24) is 0 Å². The fraction of sp³-hybridized carbons (Fsp3) is 0.788. The van der Waals surface area contributed by atoms with Crippen molar-refractivity contribution in [3.63, 3.8) is 0 Å². The van der Waals surface area contributed by atoms with Crippen molar-refractivity contribution in [3.05, 3.63) is 0 Å². The topological polar surface area (TPSA) is 179 Å². The number of esters is 5. The summed E-state index contributed by atoms with van der Waals surface area (Å²) in [6.45, 7) is 11.1. The van der Waals surface area contributed by atoms with Gasteiger partial charge in [0.15, 0.2) is 10.8 Å². The summed E-state index contributed by atoms with van der Waals surface area (Å²) in [5.74, 6) is -2.21. The zero-order valence-corrected chi connectivity index (χ0v) is 26.8. The van der Waals surface area contributed by atoms with Crippen molar-refractivity contribution >= 4 is 29.8 Å². The van der Waals surface area contributed by atoms with E-state index in [-0.39, 0.29) is 54.7 Å². The van der Waals surface area contributed by atoms with Gasteiger partial charge in [-0.2, -0.15) is 10.5 Å². The molecule has 6 rings (SSSR count). The maximum absolute atomic E-state index is 12.2. The summed E-state index contributed by atoms with van der Waals surface area (Å²) in [6.07, 6.45) is 1.77. The first kappa shape index (κ1) is 32.7. The minimum absolute atomic E-state index is 0.0216. The predicted molar refractivity (Wildman–Crippen MR) is 152 cm³/mol. The molecule has 10 unspecified atom stereocenters. The van der Waals surface area contributed by atoms with Crippen LogP contribution in [0.25, 0.3) is 0 Å². The second-order valence-electron chi connectivity index (χ2n) is 14.7. The molecule has 0 spiro atoms. The summed E-state index contributed by atoms with van der Waals surface area (Å²) >= 11 is 0. The molecule has 4 bridgehead atoms. The van der Waals surface area contributed by atoms with Gasteiger partial charge in [-0.1, -0.05) is 13.8 Å². The average Bonchev–Trinajstić information content (AvgIpc) is 3.80. The van der Waals surface area contributed by atoms with Crippen LogP contribution in [0.4, 0.5) is 0 Å². The number of carbonyl (C=O) groups is 5. The van der Waals surface area contributed by atoms with E-state index < -0.39 is 57.9 Å². The molecule has 2 aliphatic heterocycles. The van der Waals surface area contributed by atoms with E-state index in [1.807, 2.05) is 27.7 Å². The molecule has 45 heavy (non-hydrogen) atoms. The van der Waals surface area contributed by atoms with Crippen LogP contribution in [0.5, 0.6) is 0 Å². The summed E-state index contributed by atoms with van der Waals surface area (Å²) in [7, 11) is 0. The first-order chi connectivity index (χ1) is 21.1. The molecule has 2 saturated heterocycles. The second kappa shape index (κ2) is 11.3. The number of nitriles is 2. The highest BCUT2D eigenvalue weighted by atomic mass is 16.6. The van der Waals surface area contributed by atoms with Crippen LogP contribution >= 0.6 is 0 Å². The fourth-order valence-corrected chi connectivity index (χ4v) is 7.78. The molecule has 12 heteroatoms. The van der Waals surface area contributed by atoms with E-state index in [4.69, 9.17) is 23.7 Å². The number of ether oxygens (including phenoxy) is 5. The molecule has 244 valence electrons. The lowest BCUT2D eigenvalue weighted by molar-refractivity contribution is -0.170. The number of hydrogen-bond acceptors (Lipinski definition) is 12. The molecule has 10 atom stereocenters. The molecule has 12 nitrogen and oxygen atoms in total. The Hall–Kier alpha value is -3.67. The third-order valence-corrected chi connectivity index (χ3v) is 11.5. The van der Waals surface area contributed by atoms with Gasteiger partial charge >= 0.3 is 29.8 Å². The Kier molecular flexibility index (Phi) is 8.21. The lowest BCUT2D eigenvalue weighted by Crippen LogP contribution is -2.42. The van der Waals surface area contributed by atoms with Crippen LogP contribution in [0.2, 0.25) is 0 Å². The molecule has 0 radical (unpaired) electrons. The van der Waals surface area contributed by atoms with E-state index in [0.29, 0.717) is 32.1 Å². The van der Waals surface area contributed by atoms with Crippen LogP contribution in [0.3, 0.4) is 0 Å². The van der Waals surface area contributed by atoms with Crippen molar-refractivity contribution in [2.45, 2.75) is 111 Å². The second-order valence-corrected chi connectivity index (χ2v) is 14.7. The van der Waals surface area contributed by atoms with Crippen LogP contribution in [0.15, 0.2) is 0 Å². The molecular formula is C33H42N2O10. The Morgan fingerprint density at radius 3 is 1.69 bits per heavy atom. The monoisotopic (exact) mass is 626 g/mol. The van der Waals surface area contributed by atoms with Gasteiger partial charge in [0.05, 0.1) is 29.4 Å². The molecule has 0 aromatic carbocycles. The third kappa shape index (κ3) is 5.05. The Balaban J connectivity index is 0.000000182. The summed E-state index contributed by atoms with van der Waals surface area (Å²) in [4.78, 5) is 60.1. The van der Waals surface area contributed by atoms with Crippen molar-refractivity contribution in [2.24, 2.45) is 45.3 Å². The molecule has 4 aliphatic carbocycles. The molecule has 6 fully saturated rings. The van der Waals surface area contributed by atoms with Gasteiger partial charge in [0.25, 0.3) is 0 Å². The fourth-order valence-electron chi connectivity index (χ4n) is 7.78. The van der Waals surface area contributed by atoms with Gasteiger partial charge in [0.1, 0.15) is 31.0 Å². The highest BCUT2D eigenvalue weighted by Gasteiger charge is 2.73.